The van der Waals surface area contributed by atoms with Gasteiger partial charge in [0.05, 0.1) is 35.5 Å². The summed E-state index contributed by atoms with van der Waals surface area (Å²) in [5.41, 5.74) is 2.35. The molecule has 0 radical (unpaired) electrons. The minimum absolute atomic E-state index is 0.142. The molecule has 7 nitrogen and oxygen atoms in total. The first-order chi connectivity index (χ1) is 15.5. The van der Waals surface area contributed by atoms with Crippen LogP contribution < -0.4 is 0 Å². The second-order valence-electron chi connectivity index (χ2n) is 10.0. The van der Waals surface area contributed by atoms with Crippen LogP contribution in [-0.2, 0) is 16.0 Å². The summed E-state index contributed by atoms with van der Waals surface area (Å²) in [6, 6.07) is 7.85. The van der Waals surface area contributed by atoms with Gasteiger partial charge in [-0.15, -0.1) is 0 Å². The summed E-state index contributed by atoms with van der Waals surface area (Å²) < 4.78 is 13.8. The number of aromatic nitrogens is 2. The van der Waals surface area contributed by atoms with Crippen LogP contribution in [0.25, 0.3) is 11.0 Å². The lowest BCUT2D eigenvalue weighted by atomic mass is 9.76. The van der Waals surface area contributed by atoms with Crippen LogP contribution in [0.15, 0.2) is 24.5 Å². The molecule has 0 N–H and O–H groups in total. The van der Waals surface area contributed by atoms with E-state index < -0.39 is 0 Å². The molecule has 3 fully saturated rings. The summed E-state index contributed by atoms with van der Waals surface area (Å²) >= 11 is 0. The molecule has 1 spiro atoms. The molecule has 1 aromatic carbocycles. The monoisotopic (exact) mass is 436 g/mol. The molecular weight excluding hydrogens is 404 g/mol. The summed E-state index contributed by atoms with van der Waals surface area (Å²) in [5, 5.41) is 9.25. The number of imidazole rings is 1. The number of amides is 1. The number of fused-ring (bicyclic) bond motifs is 1. The van der Waals surface area contributed by atoms with Crippen molar-refractivity contribution in [1.29, 1.82) is 5.26 Å². The van der Waals surface area contributed by atoms with Crippen LogP contribution in [0.2, 0.25) is 0 Å². The van der Waals surface area contributed by atoms with Crippen molar-refractivity contribution in [2.45, 2.75) is 64.0 Å². The molecule has 5 rings (SSSR count). The maximum atomic E-state index is 12.9. The van der Waals surface area contributed by atoms with E-state index in [1.54, 1.807) is 0 Å². The van der Waals surface area contributed by atoms with Gasteiger partial charge in [0.2, 0.25) is 0 Å². The van der Waals surface area contributed by atoms with Gasteiger partial charge >= 0.3 is 6.09 Å². The maximum Gasteiger partial charge on any atom is 0.410 e. The molecule has 1 aliphatic carbocycles. The van der Waals surface area contributed by atoms with E-state index in [2.05, 4.69) is 22.5 Å². The lowest BCUT2D eigenvalue weighted by Crippen LogP contribution is -2.44. The molecule has 2 aromatic rings. The highest BCUT2D eigenvalue weighted by atomic mass is 16.6. The number of hydrogen-bond acceptors (Lipinski definition) is 5. The average molecular weight is 437 g/mol. The molecule has 1 aromatic heterocycles. The van der Waals surface area contributed by atoms with Gasteiger partial charge in [0.1, 0.15) is 5.60 Å². The summed E-state index contributed by atoms with van der Waals surface area (Å²) in [7, 11) is 0. The van der Waals surface area contributed by atoms with E-state index in [-0.39, 0.29) is 17.1 Å². The van der Waals surface area contributed by atoms with Gasteiger partial charge in [0.15, 0.2) is 0 Å². The SMILES string of the molecule is CCC1(CN2C[C@@]3(CCC[C@H](Cn4cnc5ccc(C#N)cc54)C3)OC2=O)CCOCC1. The number of rotatable bonds is 5. The lowest BCUT2D eigenvalue weighted by molar-refractivity contribution is -0.00147. The third-order valence-electron chi connectivity index (χ3n) is 7.98. The molecule has 3 heterocycles. The number of benzene rings is 1. The molecule has 0 bridgehead atoms. The van der Waals surface area contributed by atoms with E-state index >= 15 is 0 Å². The van der Waals surface area contributed by atoms with E-state index in [9.17, 15) is 10.1 Å². The number of carbonyl (C=O) groups is 1. The molecule has 32 heavy (non-hydrogen) atoms. The Morgan fingerprint density at radius 3 is 2.91 bits per heavy atom. The van der Waals surface area contributed by atoms with Crippen LogP contribution in [0.5, 0.6) is 0 Å². The molecule has 0 unspecified atom stereocenters. The molecule has 1 amide bonds. The van der Waals surface area contributed by atoms with E-state index in [4.69, 9.17) is 9.47 Å². The van der Waals surface area contributed by atoms with Crippen LogP contribution >= 0.6 is 0 Å². The zero-order valence-electron chi connectivity index (χ0n) is 18.9. The Labute approximate surface area is 189 Å². The Morgan fingerprint density at radius 1 is 1.28 bits per heavy atom. The zero-order chi connectivity index (χ0) is 22.2. The van der Waals surface area contributed by atoms with E-state index in [1.807, 2.05) is 29.4 Å². The van der Waals surface area contributed by atoms with Crippen LogP contribution in [0.1, 0.15) is 57.4 Å². The normalized spacial score (nSPS) is 27.6. The van der Waals surface area contributed by atoms with Gasteiger partial charge in [0.25, 0.3) is 0 Å². The largest absolute Gasteiger partial charge is 0.441 e. The Morgan fingerprint density at radius 2 is 2.12 bits per heavy atom. The topological polar surface area (TPSA) is 80.4 Å². The van der Waals surface area contributed by atoms with Gasteiger partial charge < -0.3 is 18.9 Å². The summed E-state index contributed by atoms with van der Waals surface area (Å²) in [5.74, 6) is 0.419. The smallest absolute Gasteiger partial charge is 0.410 e. The Balaban J connectivity index is 1.29. The second kappa shape index (κ2) is 8.40. The van der Waals surface area contributed by atoms with Crippen molar-refractivity contribution in [3.05, 3.63) is 30.1 Å². The van der Waals surface area contributed by atoms with Gasteiger partial charge in [-0.2, -0.15) is 5.26 Å². The van der Waals surface area contributed by atoms with Gasteiger partial charge in [-0.05, 0) is 74.5 Å². The molecule has 7 heteroatoms. The highest BCUT2D eigenvalue weighted by Crippen LogP contribution is 2.43. The predicted molar refractivity (Wildman–Crippen MR) is 120 cm³/mol. The van der Waals surface area contributed by atoms with Crippen LogP contribution in [0.4, 0.5) is 4.79 Å². The molecular formula is C25H32N4O3. The van der Waals surface area contributed by atoms with Gasteiger partial charge in [0, 0.05) is 26.3 Å². The summed E-state index contributed by atoms with van der Waals surface area (Å²) in [6.07, 6.45) is 8.83. The van der Waals surface area contributed by atoms with Crippen molar-refractivity contribution < 1.29 is 14.3 Å². The van der Waals surface area contributed by atoms with E-state index in [0.29, 0.717) is 18.0 Å². The van der Waals surface area contributed by atoms with Crippen LogP contribution in [-0.4, -0.2) is 52.4 Å². The number of carbonyl (C=O) groups excluding carboxylic acids is 1. The average Bonchev–Trinajstić information content (AvgIpc) is 3.34. The van der Waals surface area contributed by atoms with Gasteiger partial charge in [-0.1, -0.05) is 6.92 Å². The first-order valence-electron chi connectivity index (χ1n) is 11.9. The van der Waals surface area contributed by atoms with Crippen molar-refractivity contribution >= 4 is 17.1 Å². The fraction of sp³-hybridized carbons (Fsp3) is 0.640. The van der Waals surface area contributed by atoms with Crippen molar-refractivity contribution in [3.63, 3.8) is 0 Å². The maximum absolute atomic E-state index is 12.9. The van der Waals surface area contributed by atoms with E-state index in [0.717, 1.165) is 82.3 Å². The van der Waals surface area contributed by atoms with Gasteiger partial charge in [-0.25, -0.2) is 9.78 Å². The number of nitriles is 1. The van der Waals surface area contributed by atoms with Crippen LogP contribution in [0.3, 0.4) is 0 Å². The second-order valence-corrected chi connectivity index (χ2v) is 10.0. The van der Waals surface area contributed by atoms with Crippen LogP contribution in [0, 0.1) is 22.7 Å². The molecule has 2 atom stereocenters. The molecule has 170 valence electrons. The summed E-state index contributed by atoms with van der Waals surface area (Å²) in [6.45, 7) is 6.12. The zero-order valence-corrected chi connectivity index (χ0v) is 18.9. The van der Waals surface area contributed by atoms with Crippen molar-refractivity contribution in [2.75, 3.05) is 26.3 Å². The Bertz CT molecular complexity index is 1040. The fourth-order valence-corrected chi connectivity index (χ4v) is 6.03. The molecule has 2 saturated heterocycles. The molecule has 2 aliphatic heterocycles. The first-order valence-corrected chi connectivity index (χ1v) is 11.9. The van der Waals surface area contributed by atoms with Crippen molar-refractivity contribution in [1.82, 2.24) is 14.5 Å². The first kappa shape index (κ1) is 21.3. The van der Waals surface area contributed by atoms with Crippen molar-refractivity contribution in [3.8, 4) is 6.07 Å². The lowest BCUT2D eigenvalue weighted by Gasteiger charge is -2.39. The van der Waals surface area contributed by atoms with Crippen molar-refractivity contribution in [2.24, 2.45) is 11.3 Å². The Kier molecular flexibility index (Phi) is 5.58. The van der Waals surface area contributed by atoms with E-state index in [1.165, 1.54) is 0 Å². The number of hydrogen-bond donors (Lipinski definition) is 0. The highest BCUT2D eigenvalue weighted by molar-refractivity contribution is 5.77. The quantitative estimate of drug-likeness (QED) is 0.690. The Hall–Kier alpha value is -2.59. The summed E-state index contributed by atoms with van der Waals surface area (Å²) in [4.78, 5) is 19.4. The number of ether oxygens (including phenoxy) is 2. The predicted octanol–water partition coefficient (Wildman–Crippen LogP) is 4.50. The van der Waals surface area contributed by atoms with Gasteiger partial charge in [-0.3, -0.25) is 0 Å². The number of nitrogens with zero attached hydrogens (tertiary/aromatic N) is 4. The molecule has 3 aliphatic rings. The standard InChI is InChI=1S/C25H32N4O3/c1-2-24(8-10-31-11-9-24)16-29-17-25(32-23(29)30)7-3-4-20(13-25)15-28-18-27-21-6-5-19(14-26)12-22(21)28/h5-6,12,18,20H,2-4,7-11,13,15-17H2,1H3/t20-,25-/m0/s1. The third-order valence-corrected chi connectivity index (χ3v) is 7.98. The minimum Gasteiger partial charge on any atom is -0.441 e. The minimum atomic E-state index is -0.367. The molecule has 1 saturated carbocycles. The fourth-order valence-electron chi connectivity index (χ4n) is 6.03. The third kappa shape index (κ3) is 3.97. The highest BCUT2D eigenvalue weighted by Gasteiger charge is 2.49.